The van der Waals surface area contributed by atoms with Crippen LogP contribution in [0.4, 0.5) is 0 Å². The summed E-state index contributed by atoms with van der Waals surface area (Å²) in [5.41, 5.74) is 13.5. The molecule has 0 amide bonds. The van der Waals surface area contributed by atoms with Gasteiger partial charge in [0.1, 0.15) is 0 Å². The second-order valence-electron chi connectivity index (χ2n) is 4.99. The summed E-state index contributed by atoms with van der Waals surface area (Å²) >= 11 is 0. The fraction of sp³-hybridized carbons (Fsp3) is 0.200. The fourth-order valence-corrected chi connectivity index (χ4v) is 3.72. The molecule has 114 valence electrons. The largest absolute Gasteiger partial charge is 0.369 e. The molecule has 0 bridgehead atoms. The van der Waals surface area contributed by atoms with Gasteiger partial charge >= 0.3 is 0 Å². The summed E-state index contributed by atoms with van der Waals surface area (Å²) in [4.78, 5) is 0.772. The second kappa shape index (κ2) is 6.15. The molecule has 2 aromatic rings. The molecule has 6 nitrogen and oxygen atoms in total. The Kier molecular flexibility index (Phi) is 4.06. The molecule has 0 saturated carbocycles. The number of rotatable bonds is 3. The minimum atomic E-state index is -1.26. The number of nitrogens with zero attached hydrogens (tertiary/aromatic N) is 3. The predicted molar refractivity (Wildman–Crippen MR) is 88.0 cm³/mol. The number of benzene rings is 1. The van der Waals surface area contributed by atoms with E-state index in [4.69, 9.17) is 11.5 Å². The smallest absolute Gasteiger partial charge is 0.211 e. The van der Waals surface area contributed by atoms with Crippen molar-refractivity contribution >= 4 is 22.7 Å². The second-order valence-corrected chi connectivity index (χ2v) is 6.35. The van der Waals surface area contributed by atoms with Gasteiger partial charge in [0, 0.05) is 17.5 Å². The normalized spacial score (nSPS) is 17.0. The van der Waals surface area contributed by atoms with Crippen LogP contribution in [0.2, 0.25) is 0 Å². The van der Waals surface area contributed by atoms with Crippen molar-refractivity contribution in [2.24, 2.45) is 21.7 Å². The van der Waals surface area contributed by atoms with E-state index in [-0.39, 0.29) is 5.96 Å². The molecule has 0 saturated heterocycles. The SMILES string of the molecule is NC(N)=N/N=C1\CCCc2c1ccn2S(=O)c1ccccc1. The average Bonchev–Trinajstić information content (AvgIpc) is 2.97. The molecule has 0 radical (unpaired) electrons. The van der Waals surface area contributed by atoms with Gasteiger partial charge in [-0.1, -0.05) is 18.2 Å². The van der Waals surface area contributed by atoms with Crippen molar-refractivity contribution in [3.8, 4) is 0 Å². The summed E-state index contributed by atoms with van der Waals surface area (Å²) in [7, 11) is -1.26. The maximum atomic E-state index is 12.7. The van der Waals surface area contributed by atoms with Crippen LogP contribution in [0.15, 0.2) is 57.7 Å². The lowest BCUT2D eigenvalue weighted by molar-refractivity contribution is 0.673. The molecular weight excluding hydrogens is 298 g/mol. The van der Waals surface area contributed by atoms with Gasteiger partial charge < -0.3 is 11.5 Å². The first-order chi connectivity index (χ1) is 10.7. The number of guanidine groups is 1. The van der Waals surface area contributed by atoms with Crippen LogP contribution in [-0.4, -0.2) is 19.9 Å². The molecule has 7 heteroatoms. The number of aromatic nitrogens is 1. The van der Waals surface area contributed by atoms with E-state index in [1.807, 2.05) is 42.6 Å². The van der Waals surface area contributed by atoms with E-state index in [0.29, 0.717) is 0 Å². The van der Waals surface area contributed by atoms with Crippen LogP contribution >= 0.6 is 0 Å². The molecule has 1 atom stereocenters. The Hall–Kier alpha value is -2.41. The molecule has 0 spiro atoms. The molecule has 1 heterocycles. The van der Waals surface area contributed by atoms with Crippen LogP contribution in [0.5, 0.6) is 0 Å². The van der Waals surface area contributed by atoms with Gasteiger partial charge in [0.25, 0.3) is 0 Å². The van der Waals surface area contributed by atoms with Crippen LogP contribution in [0.25, 0.3) is 0 Å². The first-order valence-corrected chi connectivity index (χ1v) is 8.11. The molecule has 1 aliphatic carbocycles. The van der Waals surface area contributed by atoms with Crippen LogP contribution in [-0.2, 0) is 17.4 Å². The van der Waals surface area contributed by atoms with Crippen LogP contribution in [0.3, 0.4) is 0 Å². The summed E-state index contributed by atoms with van der Waals surface area (Å²) < 4.78 is 14.5. The third-order valence-corrected chi connectivity index (χ3v) is 4.88. The van der Waals surface area contributed by atoms with Crippen molar-refractivity contribution < 1.29 is 4.21 Å². The number of fused-ring (bicyclic) bond motifs is 1. The summed E-state index contributed by atoms with van der Waals surface area (Å²) in [5.74, 6) is -0.0630. The standard InChI is InChI=1S/C15H17N5OS/c16-15(17)19-18-13-7-4-8-14-12(13)9-10-20(14)22(21)11-5-2-1-3-6-11/h1-3,5-6,9-10H,4,7-8H2,(H4,16,17,19)/b18-13+. The highest BCUT2D eigenvalue weighted by molar-refractivity contribution is 7.83. The third kappa shape index (κ3) is 2.80. The highest BCUT2D eigenvalue weighted by Gasteiger charge is 2.22. The summed E-state index contributed by atoms with van der Waals surface area (Å²) in [6.07, 6.45) is 4.44. The van der Waals surface area contributed by atoms with Gasteiger partial charge in [-0.05, 0) is 37.5 Å². The maximum Gasteiger partial charge on any atom is 0.211 e. The fourth-order valence-electron chi connectivity index (χ4n) is 2.54. The average molecular weight is 315 g/mol. The number of hydrogen-bond acceptors (Lipinski definition) is 3. The third-order valence-electron chi connectivity index (χ3n) is 3.50. The van der Waals surface area contributed by atoms with E-state index in [9.17, 15) is 4.21 Å². The van der Waals surface area contributed by atoms with E-state index in [1.165, 1.54) is 0 Å². The first-order valence-electron chi connectivity index (χ1n) is 7.00. The Balaban J connectivity index is 1.99. The lowest BCUT2D eigenvalue weighted by Crippen LogP contribution is -2.22. The Bertz CT molecular complexity index is 759. The van der Waals surface area contributed by atoms with Crippen molar-refractivity contribution in [2.45, 2.75) is 24.2 Å². The zero-order valence-electron chi connectivity index (χ0n) is 12.0. The van der Waals surface area contributed by atoms with Gasteiger partial charge in [-0.25, -0.2) is 4.21 Å². The van der Waals surface area contributed by atoms with Crippen molar-refractivity contribution in [1.29, 1.82) is 0 Å². The van der Waals surface area contributed by atoms with Gasteiger partial charge in [0.05, 0.1) is 10.6 Å². The maximum absolute atomic E-state index is 12.7. The molecule has 1 aromatic carbocycles. The molecule has 1 aliphatic rings. The topological polar surface area (TPSA) is 98.8 Å². The van der Waals surface area contributed by atoms with Gasteiger partial charge in [0.15, 0.2) is 11.0 Å². The van der Waals surface area contributed by atoms with Crippen molar-refractivity contribution in [2.75, 3.05) is 0 Å². The van der Waals surface area contributed by atoms with E-state index in [0.717, 1.165) is 41.1 Å². The molecule has 4 N–H and O–H groups in total. The Labute approximate surface area is 131 Å². The van der Waals surface area contributed by atoms with Gasteiger partial charge in [-0.15, -0.1) is 5.10 Å². The Morgan fingerprint density at radius 3 is 2.64 bits per heavy atom. The lowest BCUT2D eigenvalue weighted by Gasteiger charge is -2.16. The van der Waals surface area contributed by atoms with E-state index < -0.39 is 11.0 Å². The zero-order valence-corrected chi connectivity index (χ0v) is 12.8. The molecule has 3 rings (SSSR count). The van der Waals surface area contributed by atoms with Crippen LogP contribution in [0, 0.1) is 0 Å². The van der Waals surface area contributed by atoms with Gasteiger partial charge in [0.2, 0.25) is 5.96 Å². The van der Waals surface area contributed by atoms with E-state index in [2.05, 4.69) is 10.2 Å². The van der Waals surface area contributed by atoms with Crippen molar-refractivity contribution in [3.05, 3.63) is 53.9 Å². The molecule has 1 aromatic heterocycles. The quantitative estimate of drug-likeness (QED) is 0.508. The zero-order chi connectivity index (χ0) is 15.5. The Morgan fingerprint density at radius 1 is 1.14 bits per heavy atom. The monoisotopic (exact) mass is 315 g/mol. The minimum Gasteiger partial charge on any atom is -0.369 e. The molecule has 22 heavy (non-hydrogen) atoms. The first kappa shape index (κ1) is 14.5. The summed E-state index contributed by atoms with van der Waals surface area (Å²) in [6.45, 7) is 0. The van der Waals surface area contributed by atoms with Crippen molar-refractivity contribution in [3.63, 3.8) is 0 Å². The highest BCUT2D eigenvalue weighted by Crippen LogP contribution is 2.25. The lowest BCUT2D eigenvalue weighted by atomic mass is 9.96. The van der Waals surface area contributed by atoms with Gasteiger partial charge in [-0.3, -0.25) is 3.97 Å². The number of nitrogens with two attached hydrogens (primary N) is 2. The van der Waals surface area contributed by atoms with Gasteiger partial charge in [-0.2, -0.15) is 5.10 Å². The Morgan fingerprint density at radius 2 is 1.91 bits per heavy atom. The van der Waals surface area contributed by atoms with E-state index in [1.54, 1.807) is 3.97 Å². The minimum absolute atomic E-state index is 0.0630. The molecule has 0 fully saturated rings. The van der Waals surface area contributed by atoms with Crippen LogP contribution in [0.1, 0.15) is 24.1 Å². The molecule has 1 unspecified atom stereocenters. The number of hydrogen-bond donors (Lipinski definition) is 2. The van der Waals surface area contributed by atoms with E-state index >= 15 is 0 Å². The predicted octanol–water partition coefficient (Wildman–Crippen LogP) is 1.37. The highest BCUT2D eigenvalue weighted by atomic mass is 32.2. The molecule has 0 aliphatic heterocycles. The molecular formula is C15H17N5OS. The summed E-state index contributed by atoms with van der Waals surface area (Å²) in [6, 6.07) is 11.3. The summed E-state index contributed by atoms with van der Waals surface area (Å²) in [5, 5.41) is 7.85. The van der Waals surface area contributed by atoms with Crippen molar-refractivity contribution in [1.82, 2.24) is 3.97 Å². The van der Waals surface area contributed by atoms with Crippen LogP contribution < -0.4 is 11.5 Å².